The fraction of sp³-hybridized carbons (Fsp3) is 0.160. The van der Waals surface area contributed by atoms with Crippen molar-refractivity contribution in [2.45, 2.75) is 12.0 Å². The van der Waals surface area contributed by atoms with Crippen LogP contribution in [0.15, 0.2) is 73.1 Å². The van der Waals surface area contributed by atoms with E-state index in [-0.39, 0.29) is 0 Å². The molecule has 2 N–H and O–H groups in total. The number of nitrogens with zero attached hydrogens (tertiary/aromatic N) is 4. The predicted molar refractivity (Wildman–Crippen MR) is 121 cm³/mol. The lowest BCUT2D eigenvalue weighted by Crippen LogP contribution is -2.47. The van der Waals surface area contributed by atoms with Gasteiger partial charge in [0.2, 0.25) is 0 Å². The van der Waals surface area contributed by atoms with Crippen LogP contribution < -0.4 is 10.5 Å². The van der Waals surface area contributed by atoms with Crippen molar-refractivity contribution in [1.82, 2.24) is 19.7 Å². The van der Waals surface area contributed by atoms with Gasteiger partial charge in [-0.2, -0.15) is 10.2 Å². The topological polar surface area (TPSA) is 95.0 Å². The van der Waals surface area contributed by atoms with Gasteiger partial charge < -0.3 is 10.5 Å². The van der Waals surface area contributed by atoms with Gasteiger partial charge >= 0.3 is 6.03 Å². The number of hydrogen-bond acceptors (Lipinski definition) is 5. The number of hydrogen-bond donors (Lipinski definition) is 1. The number of primary amides is 1. The van der Waals surface area contributed by atoms with E-state index in [0.29, 0.717) is 24.5 Å². The number of fused-ring (bicyclic) bond motifs is 1. The molecule has 3 heterocycles. The quantitative estimate of drug-likeness (QED) is 0.495. The van der Waals surface area contributed by atoms with Crippen molar-refractivity contribution in [2.24, 2.45) is 5.73 Å². The molecule has 2 aromatic heterocycles. The van der Waals surface area contributed by atoms with Crippen LogP contribution in [0.3, 0.4) is 0 Å². The zero-order chi connectivity index (χ0) is 22.8. The fourth-order valence-electron chi connectivity index (χ4n) is 4.22. The molecule has 1 aliphatic rings. The van der Waals surface area contributed by atoms with Crippen LogP contribution in [-0.2, 0) is 10.4 Å². The number of aromatic nitrogens is 3. The summed E-state index contributed by atoms with van der Waals surface area (Å²) >= 11 is 0. The molecule has 1 fully saturated rings. The molecule has 5 rings (SSSR count). The van der Waals surface area contributed by atoms with Gasteiger partial charge in [-0.1, -0.05) is 30.2 Å². The Morgan fingerprint density at radius 3 is 2.76 bits per heavy atom. The van der Waals surface area contributed by atoms with Crippen molar-refractivity contribution in [3.63, 3.8) is 0 Å². The summed E-state index contributed by atoms with van der Waals surface area (Å²) in [6.45, 7) is 0.351. The summed E-state index contributed by atoms with van der Waals surface area (Å²) in [7, 11) is 1.61. The second-order valence-corrected chi connectivity index (χ2v) is 7.58. The number of benzene rings is 2. The summed E-state index contributed by atoms with van der Waals surface area (Å²) < 4.78 is 7.11. The standard InChI is InChI=1S/C25H21N5O3/c1-32-22-8-3-7-20(16-22)25(12-14-33-30(25)24(26)31)19-6-2-5-18(15-19)10-11-21-17-27-23-9-4-13-28-29(21)23/h2-9,13,15-17H,12,14H2,1H3,(H2,26,31). The number of hydroxylamine groups is 2. The van der Waals surface area contributed by atoms with Crippen molar-refractivity contribution in [1.29, 1.82) is 0 Å². The molecule has 0 spiro atoms. The molecule has 0 bridgehead atoms. The summed E-state index contributed by atoms with van der Waals surface area (Å²) in [6, 6.07) is 18.3. The van der Waals surface area contributed by atoms with Gasteiger partial charge in [-0.3, -0.25) is 4.84 Å². The van der Waals surface area contributed by atoms with E-state index in [0.717, 1.165) is 22.3 Å². The van der Waals surface area contributed by atoms with Crippen LogP contribution in [0.5, 0.6) is 5.75 Å². The minimum Gasteiger partial charge on any atom is -0.497 e. The maximum atomic E-state index is 12.4. The summed E-state index contributed by atoms with van der Waals surface area (Å²) in [5.74, 6) is 7.00. The summed E-state index contributed by atoms with van der Waals surface area (Å²) in [4.78, 5) is 22.4. The predicted octanol–water partition coefficient (Wildman–Crippen LogP) is 3.10. The fourth-order valence-corrected chi connectivity index (χ4v) is 4.22. The monoisotopic (exact) mass is 439 g/mol. The van der Waals surface area contributed by atoms with Crippen LogP contribution in [-0.4, -0.2) is 39.4 Å². The molecule has 4 aromatic rings. The third-order valence-corrected chi connectivity index (χ3v) is 5.73. The maximum absolute atomic E-state index is 12.4. The Bertz CT molecular complexity index is 1400. The average molecular weight is 439 g/mol. The normalized spacial score (nSPS) is 17.5. The minimum atomic E-state index is -0.900. The van der Waals surface area contributed by atoms with Crippen LogP contribution in [0.2, 0.25) is 0 Å². The number of imidazole rings is 1. The van der Waals surface area contributed by atoms with E-state index >= 15 is 0 Å². The second-order valence-electron chi connectivity index (χ2n) is 7.58. The highest BCUT2D eigenvalue weighted by Crippen LogP contribution is 2.44. The highest BCUT2D eigenvalue weighted by Gasteiger charge is 2.48. The molecule has 2 aromatic carbocycles. The summed E-state index contributed by atoms with van der Waals surface area (Å²) in [5, 5.41) is 5.55. The van der Waals surface area contributed by atoms with Gasteiger partial charge in [0.15, 0.2) is 5.65 Å². The lowest BCUT2D eigenvalue weighted by atomic mass is 9.80. The number of carbonyl (C=O) groups is 1. The van der Waals surface area contributed by atoms with E-state index in [1.165, 1.54) is 5.06 Å². The second kappa shape index (κ2) is 8.30. The number of amides is 2. The number of ether oxygens (including phenoxy) is 1. The highest BCUT2D eigenvalue weighted by atomic mass is 16.7. The van der Waals surface area contributed by atoms with Crippen LogP contribution in [0.4, 0.5) is 4.79 Å². The molecule has 0 radical (unpaired) electrons. The first kappa shape index (κ1) is 20.5. The van der Waals surface area contributed by atoms with Crippen molar-refractivity contribution in [2.75, 3.05) is 13.7 Å². The van der Waals surface area contributed by atoms with Crippen LogP contribution in [0.1, 0.15) is 28.8 Å². The molecule has 8 nitrogen and oxygen atoms in total. The number of nitrogens with two attached hydrogens (primary N) is 1. The van der Waals surface area contributed by atoms with E-state index < -0.39 is 11.6 Å². The lowest BCUT2D eigenvalue weighted by molar-refractivity contribution is -0.107. The van der Waals surface area contributed by atoms with Crippen LogP contribution in [0.25, 0.3) is 5.65 Å². The Kier molecular flexibility index (Phi) is 5.17. The first-order valence-electron chi connectivity index (χ1n) is 10.4. The third-order valence-electron chi connectivity index (χ3n) is 5.73. The Hall–Kier alpha value is -4.35. The Balaban J connectivity index is 1.61. The Labute approximate surface area is 190 Å². The summed E-state index contributed by atoms with van der Waals surface area (Å²) in [6.07, 6.45) is 3.92. The number of rotatable bonds is 3. The number of urea groups is 1. The van der Waals surface area contributed by atoms with Crippen molar-refractivity contribution in [3.8, 4) is 17.6 Å². The molecule has 1 atom stereocenters. The van der Waals surface area contributed by atoms with Gasteiger partial charge in [0.1, 0.15) is 17.0 Å². The Morgan fingerprint density at radius 1 is 1.12 bits per heavy atom. The first-order chi connectivity index (χ1) is 16.1. The molecule has 164 valence electrons. The van der Waals surface area contributed by atoms with E-state index in [9.17, 15) is 4.79 Å². The van der Waals surface area contributed by atoms with Crippen molar-refractivity contribution < 1.29 is 14.4 Å². The van der Waals surface area contributed by atoms with E-state index in [4.69, 9.17) is 15.3 Å². The minimum absolute atomic E-state index is 0.351. The SMILES string of the molecule is COc1cccc(C2(c3cccc(C#Cc4cnc5cccnn45)c3)CCON2C(N)=O)c1. The lowest BCUT2D eigenvalue weighted by Gasteiger charge is -2.36. The van der Waals surface area contributed by atoms with Gasteiger partial charge in [0.25, 0.3) is 0 Å². The molecular weight excluding hydrogens is 418 g/mol. The van der Waals surface area contributed by atoms with E-state index in [1.54, 1.807) is 24.0 Å². The zero-order valence-corrected chi connectivity index (χ0v) is 17.9. The molecule has 0 aliphatic carbocycles. The molecular formula is C25H21N5O3. The van der Waals surface area contributed by atoms with E-state index in [2.05, 4.69) is 21.9 Å². The molecule has 8 heteroatoms. The van der Waals surface area contributed by atoms with Crippen LogP contribution in [0, 0.1) is 11.8 Å². The molecule has 33 heavy (non-hydrogen) atoms. The van der Waals surface area contributed by atoms with Gasteiger partial charge in [-0.15, -0.1) is 0 Å². The molecule has 2 amide bonds. The molecule has 1 unspecified atom stereocenters. The summed E-state index contributed by atoms with van der Waals surface area (Å²) in [5.41, 5.74) is 8.69. The maximum Gasteiger partial charge on any atom is 0.339 e. The molecule has 0 saturated carbocycles. The average Bonchev–Trinajstić information content (AvgIpc) is 3.48. The van der Waals surface area contributed by atoms with Gasteiger partial charge in [-0.25, -0.2) is 14.3 Å². The molecule has 1 saturated heterocycles. The largest absolute Gasteiger partial charge is 0.497 e. The molecule has 1 aliphatic heterocycles. The highest BCUT2D eigenvalue weighted by molar-refractivity contribution is 5.73. The van der Waals surface area contributed by atoms with Crippen molar-refractivity contribution >= 4 is 11.7 Å². The van der Waals surface area contributed by atoms with E-state index in [1.807, 2.05) is 60.7 Å². The van der Waals surface area contributed by atoms with Gasteiger partial charge in [0, 0.05) is 18.2 Å². The zero-order valence-electron chi connectivity index (χ0n) is 17.9. The first-order valence-corrected chi connectivity index (χ1v) is 10.4. The van der Waals surface area contributed by atoms with Crippen molar-refractivity contribution in [3.05, 3.63) is 95.4 Å². The third kappa shape index (κ3) is 3.54. The van der Waals surface area contributed by atoms with Gasteiger partial charge in [0.05, 0.1) is 19.9 Å². The number of methoxy groups -OCH3 is 1. The number of carbonyl (C=O) groups excluding carboxylic acids is 1. The smallest absolute Gasteiger partial charge is 0.339 e. The Morgan fingerprint density at radius 2 is 1.94 bits per heavy atom. The van der Waals surface area contributed by atoms with Gasteiger partial charge in [-0.05, 0) is 53.4 Å². The van der Waals surface area contributed by atoms with Crippen LogP contribution >= 0.6 is 0 Å².